The fourth-order valence-corrected chi connectivity index (χ4v) is 1.74. The van der Waals surface area contributed by atoms with Gasteiger partial charge in [-0.3, -0.25) is 4.99 Å². The van der Waals surface area contributed by atoms with Crippen LogP contribution in [0.4, 0.5) is 0 Å². The minimum atomic E-state index is 0.634. The van der Waals surface area contributed by atoms with Crippen LogP contribution in [0, 0.1) is 0 Å². The lowest BCUT2D eigenvalue weighted by Crippen LogP contribution is -2.23. The number of aryl methyl sites for hydroxylation is 1. The standard InChI is InChI=1S/C13H18N2O/c1-2-5-12(6-3-1)7-4-10-16-11-13-14-8-9-15-13/h1-3,5-6H,4,7-11H2,(H,14,15). The highest BCUT2D eigenvalue weighted by atomic mass is 16.5. The zero-order valence-corrected chi connectivity index (χ0v) is 9.48. The molecule has 3 nitrogen and oxygen atoms in total. The van der Waals surface area contributed by atoms with Gasteiger partial charge in [0.05, 0.1) is 6.54 Å². The Labute approximate surface area is 96.5 Å². The molecule has 3 heteroatoms. The van der Waals surface area contributed by atoms with Crippen molar-refractivity contribution in [2.45, 2.75) is 12.8 Å². The third-order valence-electron chi connectivity index (χ3n) is 2.58. The summed E-state index contributed by atoms with van der Waals surface area (Å²) in [5.41, 5.74) is 1.38. The smallest absolute Gasteiger partial charge is 0.123 e. The van der Waals surface area contributed by atoms with E-state index in [1.54, 1.807) is 0 Å². The Morgan fingerprint density at radius 2 is 2.12 bits per heavy atom. The lowest BCUT2D eigenvalue weighted by atomic mass is 10.1. The van der Waals surface area contributed by atoms with E-state index in [0.29, 0.717) is 6.61 Å². The van der Waals surface area contributed by atoms with Crippen molar-refractivity contribution in [2.24, 2.45) is 4.99 Å². The fraction of sp³-hybridized carbons (Fsp3) is 0.462. The van der Waals surface area contributed by atoms with E-state index in [0.717, 1.165) is 38.4 Å². The van der Waals surface area contributed by atoms with Gasteiger partial charge in [0.2, 0.25) is 0 Å². The summed E-state index contributed by atoms with van der Waals surface area (Å²) in [7, 11) is 0. The van der Waals surface area contributed by atoms with Gasteiger partial charge >= 0.3 is 0 Å². The molecular weight excluding hydrogens is 200 g/mol. The highest BCUT2D eigenvalue weighted by Crippen LogP contribution is 2.02. The van der Waals surface area contributed by atoms with E-state index in [1.165, 1.54) is 5.56 Å². The average molecular weight is 218 g/mol. The number of ether oxygens (including phenoxy) is 1. The molecule has 0 bridgehead atoms. The molecule has 1 aliphatic heterocycles. The fourth-order valence-electron chi connectivity index (χ4n) is 1.74. The average Bonchev–Trinajstić information content (AvgIpc) is 2.83. The lowest BCUT2D eigenvalue weighted by Gasteiger charge is -2.04. The van der Waals surface area contributed by atoms with Gasteiger partial charge in [0.1, 0.15) is 12.4 Å². The topological polar surface area (TPSA) is 33.6 Å². The summed E-state index contributed by atoms with van der Waals surface area (Å²) in [5.74, 6) is 1.000. The summed E-state index contributed by atoms with van der Waals surface area (Å²) >= 11 is 0. The first-order chi connectivity index (χ1) is 7.95. The molecule has 0 spiro atoms. The van der Waals surface area contributed by atoms with Crippen molar-refractivity contribution in [3.8, 4) is 0 Å². The first-order valence-corrected chi connectivity index (χ1v) is 5.84. The van der Waals surface area contributed by atoms with Gasteiger partial charge < -0.3 is 10.1 Å². The van der Waals surface area contributed by atoms with Gasteiger partial charge in [-0.2, -0.15) is 0 Å². The number of benzene rings is 1. The molecule has 2 rings (SSSR count). The summed E-state index contributed by atoms with van der Waals surface area (Å²) in [4.78, 5) is 4.27. The maximum Gasteiger partial charge on any atom is 0.123 e. The summed E-state index contributed by atoms with van der Waals surface area (Å²) in [6.07, 6.45) is 2.15. The molecule has 1 N–H and O–H groups in total. The Balaban J connectivity index is 1.55. The summed E-state index contributed by atoms with van der Waals surface area (Å²) in [5, 5.41) is 3.19. The third-order valence-corrected chi connectivity index (χ3v) is 2.58. The molecule has 0 saturated heterocycles. The van der Waals surface area contributed by atoms with Crippen molar-refractivity contribution < 1.29 is 4.74 Å². The molecule has 0 fully saturated rings. The van der Waals surface area contributed by atoms with Crippen LogP contribution in [-0.2, 0) is 11.2 Å². The molecule has 0 atom stereocenters. The quantitative estimate of drug-likeness (QED) is 0.736. The van der Waals surface area contributed by atoms with Crippen LogP contribution in [0.25, 0.3) is 0 Å². The molecule has 0 unspecified atom stereocenters. The number of nitrogens with zero attached hydrogens (tertiary/aromatic N) is 1. The molecule has 16 heavy (non-hydrogen) atoms. The maximum atomic E-state index is 5.55. The van der Waals surface area contributed by atoms with E-state index in [4.69, 9.17) is 4.74 Å². The predicted octanol–water partition coefficient (Wildman–Crippen LogP) is 1.64. The second-order valence-corrected chi connectivity index (χ2v) is 3.90. The van der Waals surface area contributed by atoms with Crippen LogP contribution in [-0.4, -0.2) is 32.1 Å². The molecule has 1 heterocycles. The number of aliphatic imine (C=N–C) groups is 1. The van der Waals surface area contributed by atoms with E-state index in [-0.39, 0.29) is 0 Å². The summed E-state index contributed by atoms with van der Waals surface area (Å²) in [6.45, 7) is 3.29. The summed E-state index contributed by atoms with van der Waals surface area (Å²) < 4.78 is 5.55. The van der Waals surface area contributed by atoms with E-state index < -0.39 is 0 Å². The van der Waals surface area contributed by atoms with Crippen molar-refractivity contribution >= 4 is 5.84 Å². The second-order valence-electron chi connectivity index (χ2n) is 3.90. The third kappa shape index (κ3) is 3.66. The molecular formula is C13H18N2O. The molecule has 1 aliphatic rings. The molecule has 0 amide bonds. The van der Waals surface area contributed by atoms with Crippen LogP contribution in [0.1, 0.15) is 12.0 Å². The number of nitrogens with one attached hydrogen (secondary N) is 1. The predicted molar refractivity (Wildman–Crippen MR) is 65.9 cm³/mol. The molecule has 1 aromatic carbocycles. The van der Waals surface area contributed by atoms with Crippen LogP contribution >= 0.6 is 0 Å². The molecule has 0 saturated carbocycles. The van der Waals surface area contributed by atoms with Crippen LogP contribution in [0.5, 0.6) is 0 Å². The summed E-state index contributed by atoms with van der Waals surface area (Å²) in [6, 6.07) is 10.5. The van der Waals surface area contributed by atoms with Crippen molar-refractivity contribution in [3.63, 3.8) is 0 Å². The molecule has 0 aromatic heterocycles. The van der Waals surface area contributed by atoms with Gasteiger partial charge in [-0.1, -0.05) is 30.3 Å². The van der Waals surface area contributed by atoms with Gasteiger partial charge in [-0.05, 0) is 18.4 Å². The van der Waals surface area contributed by atoms with Gasteiger partial charge in [0, 0.05) is 13.2 Å². The van der Waals surface area contributed by atoms with Crippen LogP contribution in [0.2, 0.25) is 0 Å². The van der Waals surface area contributed by atoms with Crippen molar-refractivity contribution in [2.75, 3.05) is 26.3 Å². The Morgan fingerprint density at radius 3 is 2.88 bits per heavy atom. The highest BCUT2D eigenvalue weighted by molar-refractivity contribution is 5.84. The van der Waals surface area contributed by atoms with E-state index in [1.807, 2.05) is 6.07 Å². The molecule has 0 radical (unpaired) electrons. The van der Waals surface area contributed by atoms with Crippen molar-refractivity contribution in [3.05, 3.63) is 35.9 Å². The SMILES string of the molecule is c1ccc(CCCOCC2=NCCN2)cc1. The van der Waals surface area contributed by atoms with Crippen LogP contribution < -0.4 is 5.32 Å². The second kappa shape index (κ2) is 6.28. The van der Waals surface area contributed by atoms with E-state index >= 15 is 0 Å². The lowest BCUT2D eigenvalue weighted by molar-refractivity contribution is 0.167. The van der Waals surface area contributed by atoms with Gasteiger partial charge in [-0.15, -0.1) is 0 Å². The first-order valence-electron chi connectivity index (χ1n) is 5.84. The Morgan fingerprint density at radius 1 is 1.25 bits per heavy atom. The van der Waals surface area contributed by atoms with Crippen LogP contribution in [0.3, 0.4) is 0 Å². The Bertz CT molecular complexity index is 335. The number of amidine groups is 1. The maximum absolute atomic E-state index is 5.55. The van der Waals surface area contributed by atoms with Gasteiger partial charge in [-0.25, -0.2) is 0 Å². The first kappa shape index (κ1) is 11.1. The highest BCUT2D eigenvalue weighted by Gasteiger charge is 2.03. The van der Waals surface area contributed by atoms with Crippen LogP contribution in [0.15, 0.2) is 35.3 Å². The minimum absolute atomic E-state index is 0.634. The van der Waals surface area contributed by atoms with E-state index in [2.05, 4.69) is 34.6 Å². The number of hydrogen-bond acceptors (Lipinski definition) is 3. The number of hydrogen-bond donors (Lipinski definition) is 1. The molecule has 86 valence electrons. The zero-order chi connectivity index (χ0) is 11.1. The minimum Gasteiger partial charge on any atom is -0.374 e. The normalized spacial score (nSPS) is 14.6. The Hall–Kier alpha value is -1.35. The largest absolute Gasteiger partial charge is 0.374 e. The molecule has 1 aromatic rings. The van der Waals surface area contributed by atoms with Crippen molar-refractivity contribution in [1.29, 1.82) is 0 Å². The van der Waals surface area contributed by atoms with Gasteiger partial charge in [0.25, 0.3) is 0 Å². The van der Waals surface area contributed by atoms with Gasteiger partial charge in [0.15, 0.2) is 0 Å². The monoisotopic (exact) mass is 218 g/mol. The Kier molecular flexibility index (Phi) is 4.37. The van der Waals surface area contributed by atoms with E-state index in [9.17, 15) is 0 Å². The molecule has 0 aliphatic carbocycles. The van der Waals surface area contributed by atoms with Crippen molar-refractivity contribution in [1.82, 2.24) is 5.32 Å². The number of rotatable bonds is 6. The zero-order valence-electron chi connectivity index (χ0n) is 9.48.